The van der Waals surface area contributed by atoms with Crippen LogP contribution in [0.3, 0.4) is 0 Å². The molecule has 266 valence electrons. The number of para-hydroxylation sites is 4. The van der Waals surface area contributed by atoms with Crippen LogP contribution in [0.2, 0.25) is 0 Å². The zero-order chi connectivity index (χ0) is 37.1. The molecule has 7 aromatic rings. The van der Waals surface area contributed by atoms with E-state index in [1.165, 1.54) is 12.1 Å². The van der Waals surface area contributed by atoms with Crippen LogP contribution in [0.5, 0.6) is 0 Å². The quantitative estimate of drug-likeness (QED) is 0.167. The smallest absolute Gasteiger partial charge is 0.131 e. The minimum Gasteiger partial charge on any atom is -0.307 e. The zero-order valence-corrected chi connectivity index (χ0v) is 32.1. The van der Waals surface area contributed by atoms with Gasteiger partial charge < -0.3 is 9.80 Å². The van der Waals surface area contributed by atoms with Crippen LogP contribution in [0.15, 0.2) is 165 Å². The first-order valence-corrected chi connectivity index (χ1v) is 20.0. The van der Waals surface area contributed by atoms with Crippen molar-refractivity contribution in [2.24, 2.45) is 0 Å². The molecule has 0 spiro atoms. The van der Waals surface area contributed by atoms with Crippen molar-refractivity contribution in [2.45, 2.75) is 59.1 Å². The maximum absolute atomic E-state index is 16.7. The largest absolute Gasteiger partial charge is 0.307 e. The Balaban J connectivity index is 1.57. The van der Waals surface area contributed by atoms with Gasteiger partial charge in [0.2, 0.25) is 0 Å². The maximum Gasteiger partial charge on any atom is 0.131 e. The summed E-state index contributed by atoms with van der Waals surface area (Å²) >= 11 is 3.50. The third-order valence-electron chi connectivity index (χ3n) is 10.3. The van der Waals surface area contributed by atoms with Crippen LogP contribution in [0.1, 0.15) is 50.7 Å². The molecular weight excluding hydrogens is 707 g/mol. The lowest BCUT2D eigenvalue weighted by Gasteiger charge is -2.42. The van der Waals surface area contributed by atoms with Gasteiger partial charge in [-0.2, -0.15) is 0 Å². The Hall–Kier alpha value is -5.30. The molecule has 2 nitrogen and oxygen atoms in total. The van der Waals surface area contributed by atoms with Gasteiger partial charge in [0.25, 0.3) is 0 Å². The first-order valence-electron chi connectivity index (χ1n) is 18.4. The van der Waals surface area contributed by atoms with E-state index < -0.39 is 0 Å². The van der Waals surface area contributed by atoms with Gasteiger partial charge in [-0.3, -0.25) is 0 Å². The van der Waals surface area contributed by atoms with Crippen molar-refractivity contribution in [1.82, 2.24) is 0 Å². The van der Waals surface area contributed by atoms with Crippen LogP contribution < -0.4 is 9.80 Å². The topological polar surface area (TPSA) is 6.48 Å². The van der Waals surface area contributed by atoms with Crippen LogP contribution in [0, 0.1) is 11.6 Å². The zero-order valence-electron chi connectivity index (χ0n) is 30.5. The van der Waals surface area contributed by atoms with Crippen molar-refractivity contribution in [2.75, 3.05) is 9.80 Å². The molecule has 6 heteroatoms. The van der Waals surface area contributed by atoms with Crippen LogP contribution in [0.25, 0.3) is 22.3 Å². The lowest BCUT2D eigenvalue weighted by Crippen LogP contribution is -2.24. The van der Waals surface area contributed by atoms with Gasteiger partial charge in [-0.15, -0.1) is 0 Å². The molecule has 0 bridgehead atoms. The van der Waals surface area contributed by atoms with Gasteiger partial charge in [-0.1, -0.05) is 136 Å². The normalized spacial score (nSPS) is 13.1. The summed E-state index contributed by atoms with van der Waals surface area (Å²) in [5, 5.41) is 0. The van der Waals surface area contributed by atoms with E-state index in [0.717, 1.165) is 76.0 Å². The minimum absolute atomic E-state index is 0.0879. The van der Waals surface area contributed by atoms with E-state index in [-0.39, 0.29) is 23.5 Å². The number of nitrogens with zero attached hydrogens (tertiary/aromatic N) is 2. The Labute approximate surface area is 324 Å². The predicted molar refractivity (Wildman–Crippen MR) is 223 cm³/mol. The molecule has 0 amide bonds. The highest BCUT2D eigenvalue weighted by Gasteiger charge is 2.39. The molecule has 7 aromatic carbocycles. The van der Waals surface area contributed by atoms with Gasteiger partial charge in [0.1, 0.15) is 11.6 Å². The van der Waals surface area contributed by atoms with Gasteiger partial charge in [0, 0.05) is 47.4 Å². The first-order chi connectivity index (χ1) is 26.3. The van der Waals surface area contributed by atoms with E-state index in [1.807, 2.05) is 24.3 Å². The Kier molecular flexibility index (Phi) is 8.83. The number of rotatable bonds is 6. The monoisotopic (exact) mass is 744 g/mol. The highest BCUT2D eigenvalue weighted by molar-refractivity contribution is 8.00. The molecule has 0 aliphatic carbocycles. The lowest BCUT2D eigenvalue weighted by molar-refractivity contribution is 0.630. The van der Waals surface area contributed by atoms with Crippen molar-refractivity contribution in [3.05, 3.63) is 168 Å². The summed E-state index contributed by atoms with van der Waals surface area (Å²) in [6.45, 7) is 8.71. The summed E-state index contributed by atoms with van der Waals surface area (Å²) in [6.07, 6.45) is 0. The maximum atomic E-state index is 16.7. The highest BCUT2D eigenvalue weighted by Crippen LogP contribution is 2.63. The second kappa shape index (κ2) is 13.8. The van der Waals surface area contributed by atoms with Crippen LogP contribution in [-0.2, 0) is 0 Å². The number of halogens is 2. The average Bonchev–Trinajstić information content (AvgIpc) is 3.18. The molecule has 0 saturated heterocycles. The van der Waals surface area contributed by atoms with Crippen molar-refractivity contribution in [1.29, 1.82) is 0 Å². The summed E-state index contributed by atoms with van der Waals surface area (Å²) in [7, 11) is 0. The predicted octanol–water partition coefficient (Wildman–Crippen LogP) is 15.4. The summed E-state index contributed by atoms with van der Waals surface area (Å²) in [5.74, 6) is -0.862. The fourth-order valence-electron chi connectivity index (χ4n) is 8.11. The standard InChI is InChI=1S/C48H38F2N2S2/c1-29(2)43-45(31-17-5-7-19-33(31)49)47(51-35-21-9-13-25-39(35)53-40-26-14-10-22-36(40)51)44(30(3)4)48(46(43)32-18-6-8-20-34(32)50)52-37-23-11-15-27-41(37)54-42-28-16-12-24-38(42)52/h5-30H,1-4H3. The van der Waals surface area contributed by atoms with Crippen molar-refractivity contribution in [3.8, 4) is 22.3 Å². The fraction of sp³-hybridized carbons (Fsp3) is 0.125. The Bertz CT molecular complexity index is 2320. The fourth-order valence-corrected chi connectivity index (χ4v) is 10.2. The third kappa shape index (κ3) is 5.54. The average molecular weight is 745 g/mol. The molecule has 0 aromatic heterocycles. The second-order valence-corrected chi connectivity index (χ2v) is 16.5. The van der Waals surface area contributed by atoms with E-state index in [2.05, 4.69) is 135 Å². The van der Waals surface area contributed by atoms with Crippen molar-refractivity contribution in [3.63, 3.8) is 0 Å². The van der Waals surface area contributed by atoms with Gasteiger partial charge in [-0.05, 0) is 78.1 Å². The lowest BCUT2D eigenvalue weighted by atomic mass is 9.78. The first kappa shape index (κ1) is 34.5. The molecule has 2 heterocycles. The van der Waals surface area contributed by atoms with Crippen molar-refractivity contribution >= 4 is 57.6 Å². The number of hydrogen-bond acceptors (Lipinski definition) is 4. The number of hydrogen-bond donors (Lipinski definition) is 0. The third-order valence-corrected chi connectivity index (χ3v) is 12.5. The molecule has 2 aliphatic heterocycles. The van der Waals surface area contributed by atoms with E-state index >= 15 is 8.78 Å². The van der Waals surface area contributed by atoms with Gasteiger partial charge in [-0.25, -0.2) is 8.78 Å². The van der Waals surface area contributed by atoms with Gasteiger partial charge >= 0.3 is 0 Å². The minimum atomic E-state index is -0.319. The molecule has 0 saturated carbocycles. The number of benzene rings is 7. The molecule has 0 N–H and O–H groups in total. The van der Waals surface area contributed by atoms with Gasteiger partial charge in [0.15, 0.2) is 0 Å². The summed E-state index contributed by atoms with van der Waals surface area (Å²) in [6, 6.07) is 48.0. The van der Waals surface area contributed by atoms with E-state index in [0.29, 0.717) is 11.1 Å². The van der Waals surface area contributed by atoms with Crippen LogP contribution >= 0.6 is 23.5 Å². The molecule has 0 unspecified atom stereocenters. The molecule has 9 rings (SSSR count). The Morgan fingerprint density at radius 2 is 0.685 bits per heavy atom. The molecule has 54 heavy (non-hydrogen) atoms. The number of fused-ring (bicyclic) bond motifs is 4. The molecule has 0 atom stereocenters. The molecule has 0 radical (unpaired) electrons. The van der Waals surface area contributed by atoms with E-state index in [4.69, 9.17) is 0 Å². The SMILES string of the molecule is CC(C)c1c(-c2ccccc2F)c(N2c3ccccc3Sc3ccccc32)c(C(C)C)c(N2c3ccccc3Sc3ccccc32)c1-c1ccccc1F. The van der Waals surface area contributed by atoms with Crippen molar-refractivity contribution < 1.29 is 8.78 Å². The summed E-state index contributed by atoms with van der Waals surface area (Å²) in [4.78, 5) is 9.16. The Morgan fingerprint density at radius 1 is 0.389 bits per heavy atom. The van der Waals surface area contributed by atoms with E-state index in [1.54, 1.807) is 35.7 Å². The summed E-state index contributed by atoms with van der Waals surface area (Å²) in [5.41, 5.74) is 10.3. The van der Waals surface area contributed by atoms with Crippen LogP contribution in [-0.4, -0.2) is 0 Å². The van der Waals surface area contributed by atoms with Gasteiger partial charge in [0.05, 0.1) is 34.1 Å². The van der Waals surface area contributed by atoms with Crippen LogP contribution in [0.4, 0.5) is 42.9 Å². The highest BCUT2D eigenvalue weighted by atomic mass is 32.2. The molecule has 0 fully saturated rings. The Morgan fingerprint density at radius 3 is 1.00 bits per heavy atom. The molecule has 2 aliphatic rings. The number of anilines is 6. The summed E-state index contributed by atoms with van der Waals surface area (Å²) < 4.78 is 33.5. The molecular formula is C48H38F2N2S2. The van der Waals surface area contributed by atoms with E-state index in [9.17, 15) is 0 Å². The second-order valence-electron chi connectivity index (χ2n) is 14.3.